The number of imidazole rings is 1. The predicted octanol–water partition coefficient (Wildman–Crippen LogP) is 0.547. The van der Waals surface area contributed by atoms with E-state index in [4.69, 9.17) is 0 Å². The molecular weight excluding hydrogens is 320 g/mol. The highest BCUT2D eigenvalue weighted by molar-refractivity contribution is 5.90. The van der Waals surface area contributed by atoms with Gasteiger partial charge in [-0.2, -0.15) is 5.10 Å². The number of nitrogens with zero attached hydrogens (tertiary/aromatic N) is 7. The van der Waals surface area contributed by atoms with Crippen LogP contribution < -0.4 is 5.32 Å². The van der Waals surface area contributed by atoms with Gasteiger partial charge >= 0.3 is 0 Å². The first-order valence-electron chi connectivity index (χ1n) is 8.31. The van der Waals surface area contributed by atoms with Gasteiger partial charge in [0.1, 0.15) is 5.82 Å². The number of fused-ring (bicyclic) bond motifs is 1. The predicted molar refractivity (Wildman–Crippen MR) is 89.6 cm³/mol. The number of carbonyl (C=O) groups is 1. The van der Waals surface area contributed by atoms with E-state index in [9.17, 15) is 4.79 Å². The number of carbonyl (C=O) groups excluding carboxylic acids is 1. The Morgan fingerprint density at radius 2 is 2.16 bits per heavy atom. The topological polar surface area (TPSA) is 95.5 Å². The van der Waals surface area contributed by atoms with Gasteiger partial charge in [-0.15, -0.1) is 10.2 Å². The molecule has 0 radical (unpaired) electrons. The second-order valence-corrected chi connectivity index (χ2v) is 6.35. The van der Waals surface area contributed by atoms with Crippen molar-refractivity contribution in [3.05, 3.63) is 36.4 Å². The fourth-order valence-electron chi connectivity index (χ4n) is 3.22. The number of aromatic nitrogens is 7. The lowest BCUT2D eigenvalue weighted by Crippen LogP contribution is -2.36. The Morgan fingerprint density at radius 1 is 1.28 bits per heavy atom. The number of hydrogen-bond donors (Lipinski definition) is 1. The number of aryl methyl sites for hydroxylation is 3. The van der Waals surface area contributed by atoms with Crippen LogP contribution in [0.15, 0.2) is 24.8 Å². The van der Waals surface area contributed by atoms with E-state index in [1.807, 2.05) is 20.3 Å². The van der Waals surface area contributed by atoms with Gasteiger partial charge in [0.05, 0.1) is 11.8 Å². The van der Waals surface area contributed by atoms with E-state index in [2.05, 4.69) is 30.2 Å². The summed E-state index contributed by atoms with van der Waals surface area (Å²) in [5, 5.41) is 15.9. The van der Waals surface area contributed by atoms with E-state index in [0.717, 1.165) is 43.0 Å². The fourth-order valence-corrected chi connectivity index (χ4v) is 3.22. The van der Waals surface area contributed by atoms with Gasteiger partial charge in [0.25, 0.3) is 5.91 Å². The summed E-state index contributed by atoms with van der Waals surface area (Å²) in [6.07, 6.45) is 9.56. The van der Waals surface area contributed by atoms with Crippen LogP contribution in [0.3, 0.4) is 0 Å². The molecule has 0 aliphatic carbocycles. The molecule has 1 atom stereocenters. The molecule has 4 heterocycles. The van der Waals surface area contributed by atoms with E-state index < -0.39 is 0 Å². The summed E-state index contributed by atoms with van der Waals surface area (Å²) < 4.78 is 5.61. The first-order valence-corrected chi connectivity index (χ1v) is 8.31. The van der Waals surface area contributed by atoms with Crippen LogP contribution in [-0.2, 0) is 27.1 Å². The van der Waals surface area contributed by atoms with Crippen molar-refractivity contribution >= 4 is 5.91 Å². The van der Waals surface area contributed by atoms with Gasteiger partial charge in [-0.05, 0) is 12.8 Å². The van der Waals surface area contributed by atoms with Crippen molar-refractivity contribution in [3.8, 4) is 11.4 Å². The van der Waals surface area contributed by atoms with Crippen LogP contribution in [0.1, 0.15) is 29.3 Å². The molecule has 1 N–H and O–H groups in total. The smallest absolute Gasteiger partial charge is 0.287 e. The third-order valence-electron chi connectivity index (χ3n) is 4.57. The molecule has 0 bridgehead atoms. The molecular formula is C16H20N8O. The number of hydrogen-bond acceptors (Lipinski definition) is 5. The Kier molecular flexibility index (Phi) is 3.83. The summed E-state index contributed by atoms with van der Waals surface area (Å²) in [6, 6.07) is 0.0904. The van der Waals surface area contributed by atoms with Crippen LogP contribution in [0.2, 0.25) is 0 Å². The minimum Gasteiger partial charge on any atom is -0.347 e. The first-order chi connectivity index (χ1) is 12.1. The van der Waals surface area contributed by atoms with E-state index in [1.54, 1.807) is 27.8 Å². The summed E-state index contributed by atoms with van der Waals surface area (Å²) in [5.74, 6) is 2.08. The standard InChI is InChI=1S/C16H20N8O/c1-22-8-6-17-15(22)16(25)19-12-3-4-13-20-21-14(24(13)7-5-12)11-9-18-23(2)10-11/h6,8-10,12H,3-5,7H2,1-2H3,(H,19,25). The Labute approximate surface area is 144 Å². The minimum absolute atomic E-state index is 0.0904. The Morgan fingerprint density at radius 3 is 2.88 bits per heavy atom. The third kappa shape index (κ3) is 2.92. The van der Waals surface area contributed by atoms with Gasteiger partial charge in [0, 0.05) is 51.7 Å². The molecule has 9 heteroatoms. The van der Waals surface area contributed by atoms with Gasteiger partial charge in [-0.1, -0.05) is 0 Å². The van der Waals surface area contributed by atoms with Crippen LogP contribution >= 0.6 is 0 Å². The molecule has 0 saturated carbocycles. The highest BCUT2D eigenvalue weighted by atomic mass is 16.2. The summed E-state index contributed by atoms with van der Waals surface area (Å²) in [7, 11) is 3.70. The molecule has 1 unspecified atom stereocenters. The molecule has 1 aliphatic heterocycles. The summed E-state index contributed by atoms with van der Waals surface area (Å²) in [5.41, 5.74) is 0.955. The third-order valence-corrected chi connectivity index (χ3v) is 4.57. The quantitative estimate of drug-likeness (QED) is 0.751. The van der Waals surface area contributed by atoms with Crippen LogP contribution in [0.4, 0.5) is 0 Å². The molecule has 0 spiro atoms. The number of nitrogens with one attached hydrogen (secondary N) is 1. The molecule has 1 aliphatic rings. The maximum absolute atomic E-state index is 12.4. The zero-order valence-corrected chi connectivity index (χ0v) is 14.3. The van der Waals surface area contributed by atoms with Crippen LogP contribution in [0.25, 0.3) is 11.4 Å². The van der Waals surface area contributed by atoms with Gasteiger partial charge in [0.15, 0.2) is 11.6 Å². The zero-order chi connectivity index (χ0) is 17.4. The van der Waals surface area contributed by atoms with Crippen molar-refractivity contribution in [2.75, 3.05) is 0 Å². The molecule has 3 aromatic heterocycles. The fraction of sp³-hybridized carbons (Fsp3) is 0.438. The highest BCUT2D eigenvalue weighted by Gasteiger charge is 2.23. The lowest BCUT2D eigenvalue weighted by atomic mass is 10.1. The average molecular weight is 340 g/mol. The van der Waals surface area contributed by atoms with Crippen molar-refractivity contribution in [3.63, 3.8) is 0 Å². The van der Waals surface area contributed by atoms with Gasteiger partial charge in [0.2, 0.25) is 0 Å². The minimum atomic E-state index is -0.136. The summed E-state index contributed by atoms with van der Waals surface area (Å²) in [6.45, 7) is 0.762. The van der Waals surface area contributed by atoms with Crippen molar-refractivity contribution in [1.29, 1.82) is 0 Å². The van der Waals surface area contributed by atoms with Gasteiger partial charge in [-0.25, -0.2) is 4.98 Å². The second kappa shape index (κ2) is 6.15. The lowest BCUT2D eigenvalue weighted by molar-refractivity contribution is 0.0919. The average Bonchev–Trinajstić information content (AvgIpc) is 3.27. The maximum Gasteiger partial charge on any atom is 0.287 e. The zero-order valence-electron chi connectivity index (χ0n) is 14.3. The lowest BCUT2D eigenvalue weighted by Gasteiger charge is -2.15. The molecule has 25 heavy (non-hydrogen) atoms. The SMILES string of the molecule is Cn1cc(-c2nnc3n2CCC(NC(=O)c2nccn2C)CC3)cn1. The second-order valence-electron chi connectivity index (χ2n) is 6.35. The van der Waals surface area contributed by atoms with Crippen molar-refractivity contribution in [2.45, 2.75) is 31.8 Å². The summed E-state index contributed by atoms with van der Waals surface area (Å²) in [4.78, 5) is 16.5. The molecule has 9 nitrogen and oxygen atoms in total. The Balaban J connectivity index is 1.48. The normalized spacial score (nSPS) is 17.1. The molecule has 4 rings (SSSR count). The molecule has 0 saturated heterocycles. The van der Waals surface area contributed by atoms with Crippen molar-refractivity contribution < 1.29 is 4.79 Å². The van der Waals surface area contributed by atoms with Crippen molar-refractivity contribution in [1.82, 2.24) is 39.4 Å². The van der Waals surface area contributed by atoms with Crippen LogP contribution in [0.5, 0.6) is 0 Å². The van der Waals surface area contributed by atoms with E-state index in [0.29, 0.717) is 5.82 Å². The monoisotopic (exact) mass is 340 g/mol. The molecule has 1 amide bonds. The van der Waals surface area contributed by atoms with E-state index >= 15 is 0 Å². The molecule has 0 fully saturated rings. The molecule has 3 aromatic rings. The van der Waals surface area contributed by atoms with Crippen LogP contribution in [-0.4, -0.2) is 46.0 Å². The molecule has 130 valence electrons. The first kappa shape index (κ1) is 15.6. The molecule has 0 aromatic carbocycles. The van der Waals surface area contributed by atoms with E-state index in [-0.39, 0.29) is 11.9 Å². The van der Waals surface area contributed by atoms with Gasteiger partial charge in [-0.3, -0.25) is 9.48 Å². The highest BCUT2D eigenvalue weighted by Crippen LogP contribution is 2.22. The Bertz CT molecular complexity index is 905. The van der Waals surface area contributed by atoms with Crippen molar-refractivity contribution in [2.24, 2.45) is 14.1 Å². The number of amides is 1. The maximum atomic E-state index is 12.4. The van der Waals surface area contributed by atoms with Crippen LogP contribution in [0, 0.1) is 0 Å². The summed E-state index contributed by atoms with van der Waals surface area (Å²) >= 11 is 0. The number of rotatable bonds is 3. The largest absolute Gasteiger partial charge is 0.347 e. The Hall–Kier alpha value is -2.97. The van der Waals surface area contributed by atoms with Gasteiger partial charge < -0.3 is 14.5 Å². The van der Waals surface area contributed by atoms with E-state index in [1.165, 1.54) is 0 Å².